The van der Waals surface area contributed by atoms with E-state index in [0.29, 0.717) is 5.69 Å². The first-order valence-corrected chi connectivity index (χ1v) is 9.06. The maximum atomic E-state index is 12.1. The van der Waals surface area contributed by atoms with Gasteiger partial charge in [-0.3, -0.25) is 4.90 Å². The molecule has 2 N–H and O–H groups in total. The van der Waals surface area contributed by atoms with Crippen molar-refractivity contribution in [2.75, 3.05) is 32.5 Å². The van der Waals surface area contributed by atoms with Crippen molar-refractivity contribution in [2.45, 2.75) is 25.9 Å². The van der Waals surface area contributed by atoms with E-state index < -0.39 is 5.97 Å². The molecule has 0 amide bonds. The molecule has 1 saturated heterocycles. The minimum absolute atomic E-state index is 0.117. The first-order chi connectivity index (χ1) is 13.1. The zero-order chi connectivity index (χ0) is 19.4. The second-order valence-corrected chi connectivity index (χ2v) is 6.55. The van der Waals surface area contributed by atoms with Crippen LogP contribution < -0.4 is 10.5 Å². The highest BCUT2D eigenvalue weighted by atomic mass is 16.5. The summed E-state index contributed by atoms with van der Waals surface area (Å²) in [6.07, 6.45) is 3.91. The van der Waals surface area contributed by atoms with Crippen LogP contribution in [0, 0.1) is 11.3 Å². The summed E-state index contributed by atoms with van der Waals surface area (Å²) in [5.41, 5.74) is 7.14. The Labute approximate surface area is 158 Å². The van der Waals surface area contributed by atoms with Gasteiger partial charge in [-0.2, -0.15) is 5.26 Å². The SMILES string of the molecule is CCN1CCCC(Oc2ccc(-n3cc(C#N)c(N)c3C(=O)OC)cc2)C1. The Morgan fingerprint density at radius 1 is 1.37 bits per heavy atom. The van der Waals surface area contributed by atoms with Gasteiger partial charge in [0.15, 0.2) is 5.69 Å². The van der Waals surface area contributed by atoms with Gasteiger partial charge < -0.3 is 19.8 Å². The Hall–Kier alpha value is -2.98. The fourth-order valence-electron chi connectivity index (χ4n) is 3.39. The third kappa shape index (κ3) is 3.91. The Morgan fingerprint density at radius 3 is 2.74 bits per heavy atom. The molecule has 1 aromatic heterocycles. The molecule has 0 aliphatic carbocycles. The van der Waals surface area contributed by atoms with Gasteiger partial charge in [0.1, 0.15) is 17.9 Å². The van der Waals surface area contributed by atoms with Crippen LogP contribution in [0.3, 0.4) is 0 Å². The first kappa shape index (κ1) is 18.8. The van der Waals surface area contributed by atoms with Crippen molar-refractivity contribution in [2.24, 2.45) is 0 Å². The van der Waals surface area contributed by atoms with E-state index in [1.807, 2.05) is 30.3 Å². The van der Waals surface area contributed by atoms with Gasteiger partial charge in [-0.25, -0.2) is 4.79 Å². The third-order valence-corrected chi connectivity index (χ3v) is 4.87. The summed E-state index contributed by atoms with van der Waals surface area (Å²) < 4.78 is 12.5. The second kappa shape index (κ2) is 8.14. The number of rotatable bonds is 5. The molecule has 1 unspecified atom stereocenters. The normalized spacial score (nSPS) is 17.3. The zero-order valence-electron chi connectivity index (χ0n) is 15.6. The van der Waals surface area contributed by atoms with Crippen molar-refractivity contribution in [3.05, 3.63) is 41.7 Å². The number of piperidine rings is 1. The Balaban J connectivity index is 1.82. The number of hydrogen-bond acceptors (Lipinski definition) is 6. The molecule has 7 nitrogen and oxygen atoms in total. The topological polar surface area (TPSA) is 93.5 Å². The highest BCUT2D eigenvalue weighted by molar-refractivity contribution is 5.95. The van der Waals surface area contributed by atoms with Crippen LogP contribution >= 0.6 is 0 Å². The van der Waals surface area contributed by atoms with Crippen molar-refractivity contribution >= 4 is 11.7 Å². The van der Waals surface area contributed by atoms with Gasteiger partial charge >= 0.3 is 5.97 Å². The van der Waals surface area contributed by atoms with E-state index in [9.17, 15) is 10.1 Å². The fourth-order valence-corrected chi connectivity index (χ4v) is 3.39. The van der Waals surface area contributed by atoms with E-state index in [0.717, 1.165) is 38.2 Å². The van der Waals surface area contributed by atoms with Crippen LogP contribution in [-0.4, -0.2) is 48.3 Å². The molecule has 2 heterocycles. The number of methoxy groups -OCH3 is 1. The molecule has 1 aromatic carbocycles. The lowest BCUT2D eigenvalue weighted by molar-refractivity contribution is 0.0593. The van der Waals surface area contributed by atoms with Crippen LogP contribution in [0.25, 0.3) is 5.69 Å². The van der Waals surface area contributed by atoms with Crippen molar-refractivity contribution in [1.29, 1.82) is 5.26 Å². The summed E-state index contributed by atoms with van der Waals surface area (Å²) in [5, 5.41) is 9.21. The predicted octanol–water partition coefficient (Wildman–Crippen LogP) is 2.58. The molecule has 1 aliphatic heterocycles. The first-order valence-electron chi connectivity index (χ1n) is 9.06. The molecule has 142 valence electrons. The van der Waals surface area contributed by atoms with Gasteiger partial charge in [-0.05, 0) is 50.2 Å². The quantitative estimate of drug-likeness (QED) is 0.815. The molecule has 0 bridgehead atoms. The summed E-state index contributed by atoms with van der Waals surface area (Å²) in [5.74, 6) is 0.193. The number of anilines is 1. The number of nitrogens with two attached hydrogens (primary N) is 1. The van der Waals surface area contributed by atoms with Crippen molar-refractivity contribution < 1.29 is 14.3 Å². The van der Waals surface area contributed by atoms with E-state index in [4.69, 9.17) is 15.2 Å². The number of likely N-dealkylation sites (tertiary alicyclic amines) is 1. The van der Waals surface area contributed by atoms with Crippen LogP contribution in [0.2, 0.25) is 0 Å². The standard InChI is InChI=1S/C20H24N4O3/c1-3-23-10-4-5-17(13-23)27-16-8-6-15(7-9-16)24-12-14(11-21)18(22)19(24)20(25)26-2/h6-9,12,17H,3-5,10,13,22H2,1-2H3. The van der Waals surface area contributed by atoms with Crippen LogP contribution in [-0.2, 0) is 4.74 Å². The number of likely N-dealkylation sites (N-methyl/N-ethyl adjacent to an activating group) is 1. The van der Waals surface area contributed by atoms with E-state index in [1.165, 1.54) is 13.3 Å². The number of carbonyl (C=O) groups is 1. The monoisotopic (exact) mass is 368 g/mol. The second-order valence-electron chi connectivity index (χ2n) is 6.55. The Bertz CT molecular complexity index is 851. The number of benzene rings is 1. The molecule has 1 aliphatic rings. The highest BCUT2D eigenvalue weighted by Gasteiger charge is 2.22. The number of esters is 1. The van der Waals surface area contributed by atoms with Crippen molar-refractivity contribution in [3.8, 4) is 17.5 Å². The lowest BCUT2D eigenvalue weighted by atomic mass is 10.1. The number of nitrogen functional groups attached to an aromatic ring is 1. The van der Waals surface area contributed by atoms with Crippen LogP contribution in [0.4, 0.5) is 5.69 Å². The summed E-state index contributed by atoms with van der Waals surface area (Å²) in [6.45, 7) is 5.26. The lowest BCUT2D eigenvalue weighted by Gasteiger charge is -2.32. The molecule has 1 fully saturated rings. The van der Waals surface area contributed by atoms with Crippen molar-refractivity contribution in [1.82, 2.24) is 9.47 Å². The van der Waals surface area contributed by atoms with Crippen LogP contribution in [0.5, 0.6) is 5.75 Å². The van der Waals surface area contributed by atoms with Crippen molar-refractivity contribution in [3.63, 3.8) is 0 Å². The summed E-state index contributed by atoms with van der Waals surface area (Å²) in [6, 6.07) is 9.40. The van der Waals surface area contributed by atoms with Gasteiger partial charge in [-0.15, -0.1) is 0 Å². The molecule has 3 rings (SSSR count). The highest BCUT2D eigenvalue weighted by Crippen LogP contribution is 2.26. The molecule has 2 aromatic rings. The van der Waals surface area contributed by atoms with Gasteiger partial charge in [0, 0.05) is 18.4 Å². The van der Waals surface area contributed by atoms with Gasteiger partial charge in [-0.1, -0.05) is 6.92 Å². The van der Waals surface area contributed by atoms with E-state index in [-0.39, 0.29) is 23.0 Å². The number of carbonyl (C=O) groups excluding carboxylic acids is 1. The summed E-state index contributed by atoms with van der Waals surface area (Å²) in [4.78, 5) is 14.5. The molecule has 0 saturated carbocycles. The van der Waals surface area contributed by atoms with E-state index >= 15 is 0 Å². The molecule has 0 radical (unpaired) electrons. The summed E-state index contributed by atoms with van der Waals surface area (Å²) in [7, 11) is 1.28. The van der Waals surface area contributed by atoms with Crippen LogP contribution in [0.1, 0.15) is 35.8 Å². The maximum Gasteiger partial charge on any atom is 0.357 e. The number of aromatic nitrogens is 1. The molecule has 0 spiro atoms. The van der Waals surface area contributed by atoms with Gasteiger partial charge in [0.2, 0.25) is 0 Å². The molecule has 1 atom stereocenters. The lowest BCUT2D eigenvalue weighted by Crippen LogP contribution is -2.40. The average molecular weight is 368 g/mol. The summed E-state index contributed by atoms with van der Waals surface area (Å²) >= 11 is 0. The fraction of sp³-hybridized carbons (Fsp3) is 0.400. The largest absolute Gasteiger partial charge is 0.489 e. The Morgan fingerprint density at radius 2 is 2.11 bits per heavy atom. The smallest absolute Gasteiger partial charge is 0.357 e. The number of nitrogens with zero attached hydrogens (tertiary/aromatic N) is 3. The zero-order valence-corrected chi connectivity index (χ0v) is 15.6. The number of nitriles is 1. The van der Waals surface area contributed by atoms with E-state index in [1.54, 1.807) is 4.57 Å². The molecule has 7 heteroatoms. The van der Waals surface area contributed by atoms with E-state index in [2.05, 4.69) is 11.8 Å². The minimum Gasteiger partial charge on any atom is -0.489 e. The predicted molar refractivity (Wildman–Crippen MR) is 102 cm³/mol. The number of ether oxygens (including phenoxy) is 2. The van der Waals surface area contributed by atoms with Crippen LogP contribution in [0.15, 0.2) is 30.5 Å². The maximum absolute atomic E-state index is 12.1. The Kier molecular flexibility index (Phi) is 5.67. The molecule has 27 heavy (non-hydrogen) atoms. The molecular weight excluding hydrogens is 344 g/mol. The molecular formula is C20H24N4O3. The van der Waals surface area contributed by atoms with Gasteiger partial charge in [0.25, 0.3) is 0 Å². The average Bonchev–Trinajstić information content (AvgIpc) is 3.04. The number of hydrogen-bond donors (Lipinski definition) is 1. The third-order valence-electron chi connectivity index (χ3n) is 4.87. The van der Waals surface area contributed by atoms with Gasteiger partial charge in [0.05, 0.1) is 18.4 Å². The minimum atomic E-state index is -0.587.